The number of anilines is 1. The first-order chi connectivity index (χ1) is 11.2. The summed E-state index contributed by atoms with van der Waals surface area (Å²) in [6.45, 7) is -0.153. The van der Waals surface area contributed by atoms with E-state index in [0.717, 1.165) is 10.6 Å². The Balaban J connectivity index is 2.12. The van der Waals surface area contributed by atoms with Crippen LogP contribution < -0.4 is 10.8 Å². The third-order valence-electron chi connectivity index (χ3n) is 2.95. The molecule has 0 radical (unpaired) electrons. The van der Waals surface area contributed by atoms with Crippen LogP contribution in [0.2, 0.25) is 0 Å². The number of rotatable bonds is 6. The van der Waals surface area contributed by atoms with Crippen molar-refractivity contribution in [2.24, 2.45) is 5.10 Å². The molecule has 2 amide bonds. The van der Waals surface area contributed by atoms with Gasteiger partial charge in [-0.15, -0.1) is 0 Å². The minimum atomic E-state index is -0.493. The molecular formula is C15H16N4O4. The number of hydrogen-bond acceptors (Lipinski definition) is 6. The zero-order valence-electron chi connectivity index (χ0n) is 12.4. The van der Waals surface area contributed by atoms with Gasteiger partial charge in [-0.25, -0.2) is 9.80 Å². The van der Waals surface area contributed by atoms with Gasteiger partial charge in [-0.1, -0.05) is 0 Å². The number of hydrogen-bond donors (Lipinski definition) is 3. The number of aldehydes is 1. The Morgan fingerprint density at radius 2 is 2.04 bits per heavy atom. The molecule has 0 spiro atoms. The van der Waals surface area contributed by atoms with Crippen LogP contribution in [0.15, 0.2) is 45.9 Å². The van der Waals surface area contributed by atoms with E-state index < -0.39 is 6.03 Å². The first-order valence-corrected chi connectivity index (χ1v) is 6.75. The normalized spacial score (nSPS) is 10.5. The van der Waals surface area contributed by atoms with Crippen LogP contribution in [0.4, 0.5) is 10.5 Å². The number of benzene rings is 1. The lowest BCUT2D eigenvalue weighted by molar-refractivity contribution is -0.108. The van der Waals surface area contributed by atoms with Crippen molar-refractivity contribution in [2.75, 3.05) is 19.1 Å². The molecule has 1 aromatic carbocycles. The number of nitrogens with zero attached hydrogens (tertiary/aromatic N) is 2. The SMILES string of the molecule is CNC(=O)N(CC=O)/N=C/c1ccc(-c2ccc(NO)cc2)o1. The van der Waals surface area contributed by atoms with E-state index in [1.54, 1.807) is 36.4 Å². The minimum Gasteiger partial charge on any atom is -0.455 e. The van der Waals surface area contributed by atoms with Crippen molar-refractivity contribution in [1.29, 1.82) is 0 Å². The van der Waals surface area contributed by atoms with Crippen LogP contribution in [0.5, 0.6) is 0 Å². The van der Waals surface area contributed by atoms with Gasteiger partial charge in [-0.2, -0.15) is 5.10 Å². The Morgan fingerprint density at radius 1 is 1.30 bits per heavy atom. The van der Waals surface area contributed by atoms with E-state index in [4.69, 9.17) is 9.62 Å². The molecule has 0 saturated heterocycles. The van der Waals surface area contributed by atoms with Crippen molar-refractivity contribution in [1.82, 2.24) is 10.3 Å². The molecule has 2 aromatic rings. The molecule has 0 atom stereocenters. The molecule has 0 bridgehead atoms. The maximum absolute atomic E-state index is 11.5. The Bertz CT molecular complexity index is 694. The minimum absolute atomic E-state index is 0.153. The van der Waals surface area contributed by atoms with Crippen LogP contribution in [0, 0.1) is 0 Å². The molecule has 3 N–H and O–H groups in total. The van der Waals surface area contributed by atoms with Crippen LogP contribution in [0.1, 0.15) is 5.76 Å². The van der Waals surface area contributed by atoms with E-state index in [2.05, 4.69) is 10.4 Å². The number of carbonyl (C=O) groups is 2. The fourth-order valence-corrected chi connectivity index (χ4v) is 1.80. The lowest BCUT2D eigenvalue weighted by atomic mass is 10.1. The molecule has 8 heteroatoms. The van der Waals surface area contributed by atoms with Gasteiger partial charge >= 0.3 is 6.03 Å². The predicted octanol–water partition coefficient (Wildman–Crippen LogP) is 1.92. The van der Waals surface area contributed by atoms with E-state index >= 15 is 0 Å². The van der Waals surface area contributed by atoms with Gasteiger partial charge in [-0.3, -0.25) is 10.7 Å². The number of amides is 2. The highest BCUT2D eigenvalue weighted by molar-refractivity contribution is 5.81. The average Bonchev–Trinajstić information content (AvgIpc) is 3.07. The maximum Gasteiger partial charge on any atom is 0.337 e. The molecule has 0 fully saturated rings. The van der Waals surface area contributed by atoms with E-state index in [9.17, 15) is 9.59 Å². The Hall–Kier alpha value is -3.13. The molecule has 2 rings (SSSR count). The van der Waals surface area contributed by atoms with Gasteiger partial charge in [0.1, 0.15) is 24.4 Å². The standard InChI is InChI=1S/C15H16N4O4/c1-16-15(21)19(8-9-20)17-10-13-6-7-14(23-13)11-2-4-12(18-22)5-3-11/h2-7,9-10,18,22H,8H2,1H3,(H,16,21)/b17-10+. The summed E-state index contributed by atoms with van der Waals surface area (Å²) in [5.41, 5.74) is 3.43. The van der Waals surface area contributed by atoms with Crippen LogP contribution in [0.25, 0.3) is 11.3 Å². The second-order valence-electron chi connectivity index (χ2n) is 4.44. The second-order valence-corrected chi connectivity index (χ2v) is 4.44. The highest BCUT2D eigenvalue weighted by Crippen LogP contribution is 2.23. The van der Waals surface area contributed by atoms with Crippen molar-refractivity contribution in [2.45, 2.75) is 0 Å². The number of hydrazone groups is 1. The van der Waals surface area contributed by atoms with E-state index in [0.29, 0.717) is 23.5 Å². The molecular weight excluding hydrogens is 300 g/mol. The van der Waals surface area contributed by atoms with Gasteiger partial charge < -0.3 is 14.5 Å². The number of carbonyl (C=O) groups excluding carboxylic acids is 2. The Labute approximate surface area is 132 Å². The van der Waals surface area contributed by atoms with Gasteiger partial charge in [0, 0.05) is 12.6 Å². The summed E-state index contributed by atoms with van der Waals surface area (Å²) in [6, 6.07) is 9.91. The molecule has 23 heavy (non-hydrogen) atoms. The molecule has 0 aliphatic carbocycles. The van der Waals surface area contributed by atoms with Crippen LogP contribution in [-0.2, 0) is 4.79 Å². The van der Waals surface area contributed by atoms with Gasteiger partial charge in [0.25, 0.3) is 0 Å². The third kappa shape index (κ3) is 4.17. The van der Waals surface area contributed by atoms with Gasteiger partial charge in [0.15, 0.2) is 0 Å². The maximum atomic E-state index is 11.5. The summed E-state index contributed by atoms with van der Waals surface area (Å²) < 4.78 is 5.61. The highest BCUT2D eigenvalue weighted by Gasteiger charge is 2.09. The van der Waals surface area contributed by atoms with Crippen LogP contribution in [-0.4, -0.2) is 42.3 Å². The largest absolute Gasteiger partial charge is 0.455 e. The zero-order chi connectivity index (χ0) is 16.7. The molecule has 0 aliphatic heterocycles. The molecule has 120 valence electrons. The summed E-state index contributed by atoms with van der Waals surface area (Å²) in [5.74, 6) is 1.04. The first-order valence-electron chi connectivity index (χ1n) is 6.75. The lowest BCUT2D eigenvalue weighted by Crippen LogP contribution is -2.35. The highest BCUT2D eigenvalue weighted by atomic mass is 16.5. The molecule has 1 aromatic heterocycles. The smallest absolute Gasteiger partial charge is 0.337 e. The van der Waals surface area contributed by atoms with Crippen molar-refractivity contribution in [3.63, 3.8) is 0 Å². The van der Waals surface area contributed by atoms with Crippen molar-refractivity contribution < 1.29 is 19.2 Å². The van der Waals surface area contributed by atoms with Gasteiger partial charge in [0.2, 0.25) is 0 Å². The van der Waals surface area contributed by atoms with E-state index in [1.165, 1.54) is 13.3 Å². The second kappa shape index (κ2) is 7.76. The quantitative estimate of drug-likeness (QED) is 0.429. The molecule has 8 nitrogen and oxygen atoms in total. The number of nitrogens with one attached hydrogen (secondary N) is 2. The van der Waals surface area contributed by atoms with Crippen molar-refractivity contribution >= 4 is 24.2 Å². The van der Waals surface area contributed by atoms with Crippen molar-refractivity contribution in [3.8, 4) is 11.3 Å². The van der Waals surface area contributed by atoms with Crippen molar-refractivity contribution in [3.05, 3.63) is 42.2 Å². The topological polar surface area (TPSA) is 107 Å². The number of furan rings is 1. The van der Waals surface area contributed by atoms with Crippen LogP contribution in [0.3, 0.4) is 0 Å². The van der Waals surface area contributed by atoms with E-state index in [-0.39, 0.29) is 6.54 Å². The fourth-order valence-electron chi connectivity index (χ4n) is 1.80. The Morgan fingerprint density at radius 3 is 2.65 bits per heavy atom. The summed E-state index contributed by atoms with van der Waals surface area (Å²) >= 11 is 0. The predicted molar refractivity (Wildman–Crippen MR) is 84.4 cm³/mol. The van der Waals surface area contributed by atoms with Gasteiger partial charge in [-0.05, 0) is 36.4 Å². The summed E-state index contributed by atoms with van der Waals surface area (Å²) in [6.07, 6.45) is 1.93. The average molecular weight is 316 g/mol. The zero-order valence-corrected chi connectivity index (χ0v) is 12.4. The molecule has 0 saturated carbocycles. The molecule has 0 unspecified atom stereocenters. The summed E-state index contributed by atoms with van der Waals surface area (Å²) in [7, 11) is 1.45. The summed E-state index contributed by atoms with van der Waals surface area (Å²) in [4.78, 5) is 22.0. The lowest BCUT2D eigenvalue weighted by Gasteiger charge is -2.12. The van der Waals surface area contributed by atoms with E-state index in [1.807, 2.05) is 5.48 Å². The summed E-state index contributed by atoms with van der Waals surface area (Å²) in [5, 5.41) is 16.1. The molecule has 1 heterocycles. The molecule has 0 aliphatic rings. The monoisotopic (exact) mass is 316 g/mol. The fraction of sp³-hybridized carbons (Fsp3) is 0.133. The Kier molecular flexibility index (Phi) is 5.48. The van der Waals surface area contributed by atoms with Gasteiger partial charge in [0.05, 0.1) is 11.9 Å². The third-order valence-corrected chi connectivity index (χ3v) is 2.95. The number of urea groups is 1. The first kappa shape index (κ1) is 16.2. The van der Waals surface area contributed by atoms with Crippen LogP contribution >= 0.6 is 0 Å².